The molecule has 0 fully saturated rings. The van der Waals surface area contributed by atoms with Gasteiger partial charge in [-0.25, -0.2) is 0 Å². The van der Waals surface area contributed by atoms with Crippen molar-refractivity contribution in [3.8, 4) is 6.07 Å². The molecule has 0 bridgehead atoms. The number of allylic oxidation sites excluding steroid dienone is 4. The zero-order valence-electron chi connectivity index (χ0n) is 11.8. The van der Waals surface area contributed by atoms with Crippen molar-refractivity contribution < 1.29 is 0 Å². The van der Waals surface area contributed by atoms with Crippen LogP contribution in [-0.4, -0.2) is 6.54 Å². The van der Waals surface area contributed by atoms with Gasteiger partial charge >= 0.3 is 0 Å². The molecule has 0 aliphatic carbocycles. The highest BCUT2D eigenvalue weighted by Gasteiger charge is 2.08. The Kier molecular flexibility index (Phi) is 8.39. The maximum atomic E-state index is 8.76. The fourth-order valence-corrected chi connectivity index (χ4v) is 1.54. The number of hydrogen-bond donors (Lipinski definition) is 1. The van der Waals surface area contributed by atoms with Crippen LogP contribution in [0.3, 0.4) is 0 Å². The number of nitrogens with zero attached hydrogens (tertiary/aromatic N) is 1. The van der Waals surface area contributed by atoms with Gasteiger partial charge in [0.25, 0.3) is 0 Å². The molecule has 0 radical (unpaired) electrons. The third kappa shape index (κ3) is 6.75. The Morgan fingerprint density at radius 1 is 1.39 bits per heavy atom. The monoisotopic (exact) mass is 244 g/mol. The van der Waals surface area contributed by atoms with Crippen molar-refractivity contribution in [3.63, 3.8) is 0 Å². The first-order valence-corrected chi connectivity index (χ1v) is 6.41. The van der Waals surface area contributed by atoms with Crippen LogP contribution in [0.25, 0.3) is 0 Å². The molecule has 0 aliphatic heterocycles. The predicted molar refractivity (Wildman–Crippen MR) is 78.9 cm³/mol. The second-order valence-electron chi connectivity index (χ2n) is 4.34. The van der Waals surface area contributed by atoms with Gasteiger partial charge in [-0.2, -0.15) is 5.26 Å². The molecule has 0 heterocycles. The van der Waals surface area contributed by atoms with Crippen molar-refractivity contribution in [1.29, 1.82) is 5.26 Å². The summed E-state index contributed by atoms with van der Waals surface area (Å²) in [5.41, 5.74) is 2.61. The summed E-state index contributed by atoms with van der Waals surface area (Å²) < 4.78 is 0. The maximum Gasteiger partial charge on any atom is 0.0944 e. The fraction of sp³-hybridized carbons (Fsp3) is 0.438. The molecular weight excluding hydrogens is 220 g/mol. The first-order chi connectivity index (χ1) is 8.54. The lowest BCUT2D eigenvalue weighted by atomic mass is 9.96. The van der Waals surface area contributed by atoms with E-state index in [1.54, 1.807) is 6.92 Å². The van der Waals surface area contributed by atoms with E-state index in [0.717, 1.165) is 30.7 Å². The summed E-state index contributed by atoms with van der Waals surface area (Å²) in [5.74, 6) is 0.333. The van der Waals surface area contributed by atoms with Gasteiger partial charge in [-0.15, -0.1) is 0 Å². The van der Waals surface area contributed by atoms with Crippen LogP contribution >= 0.6 is 0 Å². The molecule has 1 N–H and O–H groups in total. The lowest BCUT2D eigenvalue weighted by Crippen LogP contribution is -2.21. The smallest absolute Gasteiger partial charge is 0.0944 e. The van der Waals surface area contributed by atoms with E-state index in [1.807, 2.05) is 12.2 Å². The third-order valence-electron chi connectivity index (χ3n) is 2.73. The standard InChI is InChI=1S/C16H24N2/c1-6-8-9-15(5)18-12-16(7-2)14(4)10-13(3)11-17/h8-10,16,18H,4-7,12H2,1-3H3/b9-8+,13-10+. The topological polar surface area (TPSA) is 35.8 Å². The summed E-state index contributed by atoms with van der Waals surface area (Å²) in [7, 11) is 0. The summed E-state index contributed by atoms with van der Waals surface area (Å²) in [4.78, 5) is 0. The minimum Gasteiger partial charge on any atom is -0.385 e. The van der Waals surface area contributed by atoms with Crippen molar-refractivity contribution in [2.75, 3.05) is 6.54 Å². The van der Waals surface area contributed by atoms with Gasteiger partial charge < -0.3 is 5.32 Å². The van der Waals surface area contributed by atoms with Gasteiger partial charge in [0.1, 0.15) is 0 Å². The molecule has 98 valence electrons. The zero-order chi connectivity index (χ0) is 14.0. The second kappa shape index (κ2) is 9.30. The first-order valence-electron chi connectivity index (χ1n) is 6.41. The zero-order valence-corrected chi connectivity index (χ0v) is 11.8. The van der Waals surface area contributed by atoms with Gasteiger partial charge in [-0.05, 0) is 37.5 Å². The Bertz CT molecular complexity index is 380. The summed E-state index contributed by atoms with van der Waals surface area (Å²) in [6.07, 6.45) is 7.93. The average molecular weight is 244 g/mol. The largest absolute Gasteiger partial charge is 0.385 e. The fourth-order valence-electron chi connectivity index (χ4n) is 1.54. The van der Waals surface area contributed by atoms with E-state index in [1.165, 1.54) is 0 Å². The van der Waals surface area contributed by atoms with Gasteiger partial charge in [0.05, 0.1) is 6.07 Å². The van der Waals surface area contributed by atoms with E-state index in [-0.39, 0.29) is 0 Å². The second-order valence-corrected chi connectivity index (χ2v) is 4.34. The van der Waals surface area contributed by atoms with Crippen LogP contribution < -0.4 is 5.32 Å². The maximum absolute atomic E-state index is 8.76. The highest BCUT2D eigenvalue weighted by Crippen LogP contribution is 2.15. The molecule has 2 nitrogen and oxygen atoms in total. The number of rotatable bonds is 8. The van der Waals surface area contributed by atoms with Crippen molar-refractivity contribution >= 4 is 0 Å². The van der Waals surface area contributed by atoms with E-state index in [4.69, 9.17) is 5.26 Å². The summed E-state index contributed by atoms with van der Waals surface area (Å²) >= 11 is 0. The molecule has 2 heteroatoms. The van der Waals surface area contributed by atoms with Crippen molar-refractivity contribution in [2.45, 2.75) is 33.6 Å². The predicted octanol–water partition coefficient (Wildman–Crippen LogP) is 4.11. The lowest BCUT2D eigenvalue weighted by molar-refractivity contribution is 0.569. The molecule has 18 heavy (non-hydrogen) atoms. The van der Waals surface area contributed by atoms with Crippen LogP contribution in [0.2, 0.25) is 0 Å². The Morgan fingerprint density at radius 3 is 2.56 bits per heavy atom. The van der Waals surface area contributed by atoms with E-state index in [2.05, 4.69) is 44.5 Å². The molecule has 0 saturated carbocycles. The molecule has 1 unspecified atom stereocenters. The molecule has 0 aromatic carbocycles. The van der Waals surface area contributed by atoms with Crippen LogP contribution in [0, 0.1) is 17.2 Å². The molecule has 0 spiro atoms. The Hall–Kier alpha value is -1.75. The average Bonchev–Trinajstić information content (AvgIpc) is 2.36. The number of hydrogen-bond acceptors (Lipinski definition) is 2. The molecule has 0 saturated heterocycles. The molecule has 0 aromatic heterocycles. The minimum absolute atomic E-state index is 0.333. The highest BCUT2D eigenvalue weighted by atomic mass is 14.9. The quantitative estimate of drug-likeness (QED) is 0.515. The normalized spacial score (nSPS) is 13.1. The number of nitriles is 1. The molecular formula is C16H24N2. The summed E-state index contributed by atoms with van der Waals surface area (Å²) in [5, 5.41) is 12.0. The van der Waals surface area contributed by atoms with Crippen LogP contribution in [0.5, 0.6) is 0 Å². The third-order valence-corrected chi connectivity index (χ3v) is 2.73. The van der Waals surface area contributed by atoms with Gasteiger partial charge in [0.2, 0.25) is 0 Å². The Labute approximate surface area is 111 Å². The van der Waals surface area contributed by atoms with Gasteiger partial charge in [0, 0.05) is 23.7 Å². The SMILES string of the molecule is C=C(/C=C/CC)NCC(CC)C(=C)/C=C(\C)C#N. The van der Waals surface area contributed by atoms with E-state index in [9.17, 15) is 0 Å². The van der Waals surface area contributed by atoms with Crippen LogP contribution in [0.4, 0.5) is 0 Å². The van der Waals surface area contributed by atoms with E-state index in [0.29, 0.717) is 11.5 Å². The molecule has 1 atom stereocenters. The van der Waals surface area contributed by atoms with Crippen molar-refractivity contribution in [2.24, 2.45) is 5.92 Å². The van der Waals surface area contributed by atoms with Crippen molar-refractivity contribution in [3.05, 3.63) is 48.2 Å². The van der Waals surface area contributed by atoms with Crippen LogP contribution in [-0.2, 0) is 0 Å². The molecule has 0 amide bonds. The van der Waals surface area contributed by atoms with Crippen LogP contribution in [0.1, 0.15) is 33.6 Å². The van der Waals surface area contributed by atoms with Gasteiger partial charge in [-0.1, -0.05) is 33.1 Å². The molecule has 0 aliphatic rings. The number of nitrogens with one attached hydrogen (secondary N) is 1. The summed E-state index contributed by atoms with van der Waals surface area (Å²) in [6, 6.07) is 2.12. The molecule has 0 rings (SSSR count). The lowest BCUT2D eigenvalue weighted by Gasteiger charge is -2.17. The van der Waals surface area contributed by atoms with Crippen LogP contribution in [0.15, 0.2) is 48.2 Å². The van der Waals surface area contributed by atoms with Gasteiger partial charge in [-0.3, -0.25) is 0 Å². The van der Waals surface area contributed by atoms with E-state index < -0.39 is 0 Å². The summed E-state index contributed by atoms with van der Waals surface area (Å²) in [6.45, 7) is 14.8. The van der Waals surface area contributed by atoms with Crippen molar-refractivity contribution in [1.82, 2.24) is 5.32 Å². The van der Waals surface area contributed by atoms with Gasteiger partial charge in [0.15, 0.2) is 0 Å². The minimum atomic E-state index is 0.333. The Morgan fingerprint density at radius 2 is 2.06 bits per heavy atom. The highest BCUT2D eigenvalue weighted by molar-refractivity contribution is 5.30. The molecule has 0 aromatic rings. The first kappa shape index (κ1) is 16.2. The van der Waals surface area contributed by atoms with E-state index >= 15 is 0 Å². The Balaban J connectivity index is 4.37.